The fourth-order valence-electron chi connectivity index (χ4n) is 3.67. The Morgan fingerprint density at radius 2 is 1.78 bits per heavy atom. The Bertz CT molecular complexity index is 264. The van der Waals surface area contributed by atoms with Gasteiger partial charge in [-0.1, -0.05) is 6.92 Å². The molecule has 18 heavy (non-hydrogen) atoms. The van der Waals surface area contributed by atoms with Crippen LogP contribution in [0.1, 0.15) is 45.4 Å². The Labute approximate surface area is 112 Å². The summed E-state index contributed by atoms with van der Waals surface area (Å²) < 4.78 is 0. The van der Waals surface area contributed by atoms with Crippen molar-refractivity contribution in [2.24, 2.45) is 0 Å². The van der Waals surface area contributed by atoms with Crippen LogP contribution in [0.15, 0.2) is 0 Å². The first-order valence-corrected chi connectivity index (χ1v) is 8.07. The van der Waals surface area contributed by atoms with Crippen molar-refractivity contribution in [1.29, 1.82) is 0 Å². The average Bonchev–Trinajstić information content (AvgIpc) is 3.16. The Hall–Kier alpha value is -0.120. The number of hydrogen-bond donors (Lipinski definition) is 1. The highest BCUT2D eigenvalue weighted by atomic mass is 15.2. The molecule has 1 saturated carbocycles. The zero-order chi connectivity index (χ0) is 12.4. The SMILES string of the molecule is CCN1CCCC(NC2CCN(C3CC3)C2)CC1. The normalized spacial score (nSPS) is 35.8. The van der Waals surface area contributed by atoms with Gasteiger partial charge >= 0.3 is 0 Å². The van der Waals surface area contributed by atoms with E-state index < -0.39 is 0 Å². The molecule has 1 N–H and O–H groups in total. The molecule has 0 amide bonds. The van der Waals surface area contributed by atoms with Crippen LogP contribution in [0.25, 0.3) is 0 Å². The van der Waals surface area contributed by atoms with Crippen molar-refractivity contribution >= 4 is 0 Å². The molecule has 3 heteroatoms. The fourth-order valence-corrected chi connectivity index (χ4v) is 3.67. The average molecular weight is 251 g/mol. The molecule has 2 saturated heterocycles. The summed E-state index contributed by atoms with van der Waals surface area (Å²) >= 11 is 0. The highest BCUT2D eigenvalue weighted by Gasteiger charge is 2.34. The van der Waals surface area contributed by atoms with Gasteiger partial charge in [-0.05, 0) is 58.2 Å². The minimum atomic E-state index is 0.781. The quantitative estimate of drug-likeness (QED) is 0.820. The first-order valence-electron chi connectivity index (χ1n) is 8.07. The lowest BCUT2D eigenvalue weighted by Gasteiger charge is -2.22. The molecule has 104 valence electrons. The van der Waals surface area contributed by atoms with Gasteiger partial charge in [0.2, 0.25) is 0 Å². The lowest BCUT2D eigenvalue weighted by molar-refractivity contribution is 0.291. The molecule has 3 nitrogen and oxygen atoms in total. The Morgan fingerprint density at radius 3 is 2.56 bits per heavy atom. The van der Waals surface area contributed by atoms with Crippen LogP contribution < -0.4 is 5.32 Å². The molecule has 3 fully saturated rings. The van der Waals surface area contributed by atoms with Crippen LogP contribution >= 0.6 is 0 Å². The molecule has 0 radical (unpaired) electrons. The number of nitrogens with zero attached hydrogens (tertiary/aromatic N) is 2. The number of nitrogens with one attached hydrogen (secondary N) is 1. The van der Waals surface area contributed by atoms with Crippen molar-refractivity contribution in [2.45, 2.75) is 63.6 Å². The Morgan fingerprint density at radius 1 is 0.944 bits per heavy atom. The van der Waals surface area contributed by atoms with E-state index in [1.165, 1.54) is 71.2 Å². The summed E-state index contributed by atoms with van der Waals surface area (Å²) in [5.74, 6) is 0. The third kappa shape index (κ3) is 3.25. The summed E-state index contributed by atoms with van der Waals surface area (Å²) in [7, 11) is 0. The van der Waals surface area contributed by atoms with Gasteiger partial charge in [-0.25, -0.2) is 0 Å². The molecule has 2 unspecified atom stereocenters. The van der Waals surface area contributed by atoms with Crippen molar-refractivity contribution < 1.29 is 0 Å². The molecule has 2 aliphatic heterocycles. The van der Waals surface area contributed by atoms with Gasteiger partial charge in [0.1, 0.15) is 0 Å². The second-order valence-corrected chi connectivity index (χ2v) is 6.44. The van der Waals surface area contributed by atoms with Gasteiger partial charge < -0.3 is 10.2 Å². The second kappa shape index (κ2) is 5.89. The predicted molar refractivity (Wildman–Crippen MR) is 75.9 cm³/mol. The fraction of sp³-hybridized carbons (Fsp3) is 1.00. The summed E-state index contributed by atoms with van der Waals surface area (Å²) in [6, 6.07) is 2.52. The van der Waals surface area contributed by atoms with Crippen molar-refractivity contribution in [3.63, 3.8) is 0 Å². The van der Waals surface area contributed by atoms with Crippen molar-refractivity contribution in [2.75, 3.05) is 32.7 Å². The monoisotopic (exact) mass is 251 g/mol. The maximum absolute atomic E-state index is 3.95. The van der Waals surface area contributed by atoms with Crippen LogP contribution in [0.2, 0.25) is 0 Å². The molecule has 0 spiro atoms. The van der Waals surface area contributed by atoms with E-state index in [1.54, 1.807) is 0 Å². The Balaban J connectivity index is 1.42. The topological polar surface area (TPSA) is 18.5 Å². The van der Waals surface area contributed by atoms with Crippen LogP contribution in [-0.2, 0) is 0 Å². The molecule has 2 heterocycles. The first kappa shape index (κ1) is 12.9. The molecule has 0 aromatic heterocycles. The van der Waals surface area contributed by atoms with Gasteiger partial charge in [-0.15, -0.1) is 0 Å². The van der Waals surface area contributed by atoms with Crippen molar-refractivity contribution in [3.05, 3.63) is 0 Å². The van der Waals surface area contributed by atoms with Crippen LogP contribution in [0, 0.1) is 0 Å². The highest BCUT2D eigenvalue weighted by molar-refractivity contribution is 4.93. The molecular formula is C15H29N3. The molecule has 0 aromatic rings. The van der Waals surface area contributed by atoms with Gasteiger partial charge in [0.15, 0.2) is 0 Å². The lowest BCUT2D eigenvalue weighted by atomic mass is 10.1. The van der Waals surface area contributed by atoms with E-state index in [0.29, 0.717) is 0 Å². The maximum Gasteiger partial charge on any atom is 0.0209 e. The van der Waals surface area contributed by atoms with E-state index in [1.807, 2.05) is 0 Å². The number of rotatable bonds is 4. The first-order chi connectivity index (χ1) is 8.85. The van der Waals surface area contributed by atoms with Crippen LogP contribution in [0.4, 0.5) is 0 Å². The minimum absolute atomic E-state index is 0.781. The molecule has 0 bridgehead atoms. The van der Waals surface area contributed by atoms with E-state index in [0.717, 1.165) is 18.1 Å². The molecule has 0 aromatic carbocycles. The number of hydrogen-bond acceptors (Lipinski definition) is 3. The van der Waals surface area contributed by atoms with Gasteiger partial charge in [0, 0.05) is 31.2 Å². The standard InChI is InChI=1S/C15H29N3/c1-2-17-9-3-4-13(7-10-17)16-14-8-11-18(12-14)15-5-6-15/h13-16H,2-12H2,1H3. The second-order valence-electron chi connectivity index (χ2n) is 6.44. The zero-order valence-corrected chi connectivity index (χ0v) is 11.9. The lowest BCUT2D eigenvalue weighted by Crippen LogP contribution is -2.40. The van der Waals surface area contributed by atoms with E-state index in [4.69, 9.17) is 0 Å². The molecular weight excluding hydrogens is 222 g/mol. The molecule has 2 atom stereocenters. The summed E-state index contributed by atoms with van der Waals surface area (Å²) in [5.41, 5.74) is 0. The highest BCUT2D eigenvalue weighted by Crippen LogP contribution is 2.30. The van der Waals surface area contributed by atoms with Crippen LogP contribution in [-0.4, -0.2) is 60.6 Å². The van der Waals surface area contributed by atoms with Crippen molar-refractivity contribution in [3.8, 4) is 0 Å². The third-order valence-corrected chi connectivity index (χ3v) is 5.02. The third-order valence-electron chi connectivity index (χ3n) is 5.02. The summed E-state index contributed by atoms with van der Waals surface area (Å²) in [6.45, 7) is 8.79. The van der Waals surface area contributed by atoms with E-state index in [2.05, 4.69) is 22.0 Å². The van der Waals surface area contributed by atoms with Crippen LogP contribution in [0.3, 0.4) is 0 Å². The summed E-state index contributed by atoms with van der Waals surface area (Å²) in [6.07, 6.45) is 8.42. The largest absolute Gasteiger partial charge is 0.310 e. The van der Waals surface area contributed by atoms with Gasteiger partial charge in [0.25, 0.3) is 0 Å². The van der Waals surface area contributed by atoms with Crippen molar-refractivity contribution in [1.82, 2.24) is 15.1 Å². The summed E-state index contributed by atoms with van der Waals surface area (Å²) in [4.78, 5) is 5.32. The summed E-state index contributed by atoms with van der Waals surface area (Å²) in [5, 5.41) is 3.95. The molecule has 3 aliphatic rings. The van der Waals surface area contributed by atoms with E-state index in [9.17, 15) is 0 Å². The van der Waals surface area contributed by atoms with Crippen LogP contribution in [0.5, 0.6) is 0 Å². The minimum Gasteiger partial charge on any atom is -0.310 e. The van der Waals surface area contributed by atoms with Gasteiger partial charge in [0.05, 0.1) is 0 Å². The molecule has 1 aliphatic carbocycles. The zero-order valence-electron chi connectivity index (χ0n) is 11.9. The maximum atomic E-state index is 3.95. The number of likely N-dealkylation sites (tertiary alicyclic amines) is 2. The smallest absolute Gasteiger partial charge is 0.0209 e. The predicted octanol–water partition coefficient (Wildman–Crippen LogP) is 1.69. The van der Waals surface area contributed by atoms with E-state index >= 15 is 0 Å². The molecule has 3 rings (SSSR count). The van der Waals surface area contributed by atoms with Gasteiger partial charge in [-0.2, -0.15) is 0 Å². The Kier molecular flexibility index (Phi) is 4.22. The van der Waals surface area contributed by atoms with Gasteiger partial charge in [-0.3, -0.25) is 4.90 Å². The van der Waals surface area contributed by atoms with E-state index in [-0.39, 0.29) is 0 Å².